The van der Waals surface area contributed by atoms with E-state index < -0.39 is 0 Å². The summed E-state index contributed by atoms with van der Waals surface area (Å²) in [5.74, 6) is 1.65. The van der Waals surface area contributed by atoms with Gasteiger partial charge < -0.3 is 15.4 Å². The van der Waals surface area contributed by atoms with Crippen LogP contribution < -0.4 is 5.73 Å². The molecule has 1 fully saturated rings. The molecule has 1 saturated heterocycles. The highest BCUT2D eigenvalue weighted by Crippen LogP contribution is 2.18. The molecule has 0 spiro atoms. The molecular formula is C14H28N2O2S. The van der Waals surface area contributed by atoms with Crippen LogP contribution in [0.1, 0.15) is 33.1 Å². The lowest BCUT2D eigenvalue weighted by atomic mass is 9.93. The van der Waals surface area contributed by atoms with Gasteiger partial charge in [-0.25, -0.2) is 0 Å². The van der Waals surface area contributed by atoms with E-state index in [2.05, 4.69) is 13.8 Å². The van der Waals surface area contributed by atoms with Crippen LogP contribution in [0.25, 0.3) is 0 Å². The van der Waals surface area contributed by atoms with Crippen molar-refractivity contribution in [2.75, 3.05) is 38.2 Å². The molecule has 0 aliphatic carbocycles. The smallest absolute Gasteiger partial charge is 0.232 e. The van der Waals surface area contributed by atoms with Crippen LogP contribution in [0.4, 0.5) is 0 Å². The Balaban J connectivity index is 2.19. The fraction of sp³-hybridized carbons (Fsp3) is 0.929. The van der Waals surface area contributed by atoms with E-state index in [4.69, 9.17) is 10.5 Å². The fourth-order valence-electron chi connectivity index (χ4n) is 2.12. The predicted molar refractivity (Wildman–Crippen MR) is 81.4 cm³/mol. The Labute approximate surface area is 121 Å². The largest absolute Gasteiger partial charge is 0.377 e. The van der Waals surface area contributed by atoms with Gasteiger partial charge in [-0.1, -0.05) is 13.8 Å². The van der Waals surface area contributed by atoms with Gasteiger partial charge in [0.25, 0.3) is 0 Å². The number of thioether (sulfide) groups is 1. The maximum Gasteiger partial charge on any atom is 0.232 e. The first-order valence-electron chi connectivity index (χ1n) is 7.08. The molecule has 19 heavy (non-hydrogen) atoms. The number of hydrogen-bond donors (Lipinski definition) is 1. The Kier molecular flexibility index (Phi) is 7.18. The Bertz CT molecular complexity index is 279. The highest BCUT2D eigenvalue weighted by atomic mass is 32.2. The number of hydrogen-bond acceptors (Lipinski definition) is 4. The highest BCUT2D eigenvalue weighted by Gasteiger charge is 2.21. The molecule has 1 aliphatic rings. The van der Waals surface area contributed by atoms with E-state index >= 15 is 0 Å². The molecule has 2 N–H and O–H groups in total. The monoisotopic (exact) mass is 288 g/mol. The Morgan fingerprint density at radius 3 is 2.79 bits per heavy atom. The normalized spacial score (nSPS) is 20.3. The molecule has 1 amide bonds. The van der Waals surface area contributed by atoms with E-state index in [0.29, 0.717) is 24.9 Å². The van der Waals surface area contributed by atoms with Gasteiger partial charge in [0, 0.05) is 26.0 Å². The van der Waals surface area contributed by atoms with Crippen molar-refractivity contribution in [1.29, 1.82) is 0 Å². The number of carbonyl (C=O) groups is 1. The van der Waals surface area contributed by atoms with E-state index in [1.54, 1.807) is 16.7 Å². The molecule has 5 heteroatoms. The molecule has 0 radical (unpaired) electrons. The third-order valence-corrected chi connectivity index (χ3v) is 4.51. The second-order valence-corrected chi connectivity index (χ2v) is 7.15. The minimum Gasteiger partial charge on any atom is -0.377 e. The van der Waals surface area contributed by atoms with Crippen LogP contribution in [0.15, 0.2) is 0 Å². The highest BCUT2D eigenvalue weighted by molar-refractivity contribution is 7.99. The maximum absolute atomic E-state index is 12.0. The SMILES string of the molecule is CN(CC(C)(C)CN)C(=O)CSCC1CCCCO1. The molecule has 1 rings (SSSR count). The molecule has 1 atom stereocenters. The van der Waals surface area contributed by atoms with E-state index in [1.807, 2.05) is 7.05 Å². The van der Waals surface area contributed by atoms with Gasteiger partial charge in [-0.05, 0) is 31.2 Å². The first-order chi connectivity index (χ1) is 8.94. The summed E-state index contributed by atoms with van der Waals surface area (Å²) in [6, 6.07) is 0. The maximum atomic E-state index is 12.0. The topological polar surface area (TPSA) is 55.6 Å². The van der Waals surface area contributed by atoms with E-state index in [0.717, 1.165) is 18.8 Å². The first-order valence-corrected chi connectivity index (χ1v) is 8.23. The summed E-state index contributed by atoms with van der Waals surface area (Å²) in [6.45, 7) is 6.35. The van der Waals surface area contributed by atoms with Crippen LogP contribution in [0.5, 0.6) is 0 Å². The van der Waals surface area contributed by atoms with Gasteiger partial charge >= 0.3 is 0 Å². The molecule has 0 aromatic carbocycles. The van der Waals surface area contributed by atoms with Crippen molar-refractivity contribution in [1.82, 2.24) is 4.90 Å². The molecular weight excluding hydrogens is 260 g/mol. The Hall–Kier alpha value is -0.260. The zero-order chi connectivity index (χ0) is 14.3. The molecule has 112 valence electrons. The lowest BCUT2D eigenvalue weighted by Gasteiger charge is -2.29. The number of nitrogens with two attached hydrogens (primary N) is 1. The standard InChI is InChI=1S/C14H28N2O2S/c1-14(2,10-15)11-16(3)13(17)9-19-8-12-6-4-5-7-18-12/h12H,4-11,15H2,1-3H3. The zero-order valence-corrected chi connectivity index (χ0v) is 13.3. The number of amides is 1. The number of carbonyl (C=O) groups excluding carboxylic acids is 1. The molecule has 1 heterocycles. The van der Waals surface area contributed by atoms with Crippen LogP contribution >= 0.6 is 11.8 Å². The van der Waals surface area contributed by atoms with Gasteiger partial charge in [0.1, 0.15) is 0 Å². The summed E-state index contributed by atoms with van der Waals surface area (Å²) in [7, 11) is 1.86. The number of ether oxygens (including phenoxy) is 1. The molecule has 0 aromatic rings. The first kappa shape index (κ1) is 16.8. The van der Waals surface area contributed by atoms with Crippen molar-refractivity contribution in [2.24, 2.45) is 11.1 Å². The molecule has 1 aliphatic heterocycles. The van der Waals surface area contributed by atoms with Gasteiger partial charge in [0.2, 0.25) is 5.91 Å². The zero-order valence-electron chi connectivity index (χ0n) is 12.5. The summed E-state index contributed by atoms with van der Waals surface area (Å²) in [6.07, 6.45) is 3.91. The molecule has 1 unspecified atom stereocenters. The van der Waals surface area contributed by atoms with Crippen LogP contribution in [0.2, 0.25) is 0 Å². The molecule has 0 saturated carbocycles. The van der Waals surface area contributed by atoms with Gasteiger partial charge in [0.15, 0.2) is 0 Å². The van der Waals surface area contributed by atoms with Gasteiger partial charge in [-0.15, -0.1) is 11.8 Å². The van der Waals surface area contributed by atoms with Crippen LogP contribution in [0, 0.1) is 5.41 Å². The summed E-state index contributed by atoms with van der Waals surface area (Å²) in [5, 5.41) is 0. The predicted octanol–water partition coefficient (Wildman–Crippen LogP) is 1.73. The molecule has 0 bridgehead atoms. The van der Waals surface area contributed by atoms with Gasteiger partial charge in [-0.3, -0.25) is 4.79 Å². The molecule has 4 nitrogen and oxygen atoms in total. The minimum absolute atomic E-state index is 0.0123. The second-order valence-electron chi connectivity index (χ2n) is 6.12. The lowest BCUT2D eigenvalue weighted by molar-refractivity contribution is -0.128. The lowest BCUT2D eigenvalue weighted by Crippen LogP contribution is -2.40. The van der Waals surface area contributed by atoms with Crippen LogP contribution in [-0.4, -0.2) is 55.2 Å². The summed E-state index contributed by atoms with van der Waals surface area (Å²) >= 11 is 1.68. The van der Waals surface area contributed by atoms with Crippen LogP contribution in [-0.2, 0) is 9.53 Å². The third kappa shape index (κ3) is 6.63. The van der Waals surface area contributed by atoms with Crippen molar-refractivity contribution in [3.05, 3.63) is 0 Å². The minimum atomic E-state index is -0.0123. The van der Waals surface area contributed by atoms with E-state index in [9.17, 15) is 4.79 Å². The van der Waals surface area contributed by atoms with Crippen molar-refractivity contribution >= 4 is 17.7 Å². The molecule has 0 aromatic heterocycles. The van der Waals surface area contributed by atoms with Crippen LogP contribution in [0.3, 0.4) is 0 Å². The quantitative estimate of drug-likeness (QED) is 0.775. The van der Waals surface area contributed by atoms with Crippen molar-refractivity contribution in [2.45, 2.75) is 39.2 Å². The van der Waals surface area contributed by atoms with Gasteiger partial charge in [-0.2, -0.15) is 0 Å². The van der Waals surface area contributed by atoms with Gasteiger partial charge in [0.05, 0.1) is 11.9 Å². The number of nitrogens with zero attached hydrogens (tertiary/aromatic N) is 1. The fourth-order valence-corrected chi connectivity index (χ4v) is 3.16. The number of rotatable bonds is 7. The Morgan fingerprint density at radius 2 is 2.21 bits per heavy atom. The second kappa shape index (κ2) is 8.12. The third-order valence-electron chi connectivity index (χ3n) is 3.45. The average Bonchev–Trinajstić information content (AvgIpc) is 2.39. The van der Waals surface area contributed by atoms with Crippen molar-refractivity contribution < 1.29 is 9.53 Å². The summed E-state index contributed by atoms with van der Waals surface area (Å²) < 4.78 is 5.66. The van der Waals surface area contributed by atoms with Crippen molar-refractivity contribution in [3.63, 3.8) is 0 Å². The van der Waals surface area contributed by atoms with E-state index in [1.165, 1.54) is 12.8 Å². The van der Waals surface area contributed by atoms with Crippen molar-refractivity contribution in [3.8, 4) is 0 Å². The van der Waals surface area contributed by atoms with E-state index in [-0.39, 0.29) is 11.3 Å². The summed E-state index contributed by atoms with van der Waals surface area (Å²) in [4.78, 5) is 13.8. The summed E-state index contributed by atoms with van der Waals surface area (Å²) in [5.41, 5.74) is 5.68. The average molecular weight is 288 g/mol. The Morgan fingerprint density at radius 1 is 1.47 bits per heavy atom.